The van der Waals surface area contributed by atoms with E-state index in [4.69, 9.17) is 14.2 Å². The molecule has 1 aromatic heterocycles. The van der Waals surface area contributed by atoms with Gasteiger partial charge in [0.05, 0.1) is 19.5 Å². The summed E-state index contributed by atoms with van der Waals surface area (Å²) in [6, 6.07) is 11.6. The number of ether oxygens (including phenoxy) is 3. The SMILES string of the molecule is COCCOc1cc(NC(=O)CSc2nccn2-c2cc(C)cc(C)c2)ccc1OC. The van der Waals surface area contributed by atoms with E-state index in [-0.39, 0.29) is 11.7 Å². The lowest BCUT2D eigenvalue weighted by atomic mass is 10.1. The molecule has 0 saturated heterocycles. The summed E-state index contributed by atoms with van der Waals surface area (Å²) in [6.45, 7) is 4.98. The quantitative estimate of drug-likeness (QED) is 0.374. The molecule has 3 rings (SSSR count). The number of methoxy groups -OCH3 is 2. The van der Waals surface area contributed by atoms with E-state index >= 15 is 0 Å². The highest BCUT2D eigenvalue weighted by molar-refractivity contribution is 7.99. The molecule has 0 saturated carbocycles. The van der Waals surface area contributed by atoms with Crippen LogP contribution in [0.2, 0.25) is 0 Å². The van der Waals surface area contributed by atoms with Crippen molar-refractivity contribution in [3.8, 4) is 17.2 Å². The smallest absolute Gasteiger partial charge is 0.234 e. The first-order chi connectivity index (χ1) is 15.0. The number of anilines is 1. The fourth-order valence-electron chi connectivity index (χ4n) is 3.11. The summed E-state index contributed by atoms with van der Waals surface area (Å²) in [5.74, 6) is 1.25. The molecule has 164 valence electrons. The maximum atomic E-state index is 12.5. The Morgan fingerprint density at radius 1 is 1.06 bits per heavy atom. The zero-order valence-electron chi connectivity index (χ0n) is 18.2. The van der Waals surface area contributed by atoms with Gasteiger partial charge in [-0.15, -0.1) is 0 Å². The van der Waals surface area contributed by atoms with Crippen LogP contribution >= 0.6 is 11.8 Å². The molecule has 0 radical (unpaired) electrons. The number of thioether (sulfide) groups is 1. The van der Waals surface area contributed by atoms with Crippen LogP contribution in [0.25, 0.3) is 5.69 Å². The fraction of sp³-hybridized carbons (Fsp3) is 0.304. The minimum atomic E-state index is -0.131. The number of rotatable bonds is 10. The third kappa shape index (κ3) is 6.26. The topological polar surface area (TPSA) is 74.6 Å². The number of nitrogens with one attached hydrogen (secondary N) is 1. The lowest BCUT2D eigenvalue weighted by Gasteiger charge is -2.13. The highest BCUT2D eigenvalue weighted by Gasteiger charge is 2.12. The molecule has 7 nitrogen and oxygen atoms in total. The molecule has 2 aromatic carbocycles. The van der Waals surface area contributed by atoms with Crippen LogP contribution in [0.15, 0.2) is 53.9 Å². The number of nitrogens with zero attached hydrogens (tertiary/aromatic N) is 2. The van der Waals surface area contributed by atoms with Gasteiger partial charge in [0.15, 0.2) is 16.7 Å². The molecule has 0 atom stereocenters. The first-order valence-corrected chi connectivity index (χ1v) is 10.8. The maximum absolute atomic E-state index is 12.5. The fourth-order valence-corrected chi connectivity index (χ4v) is 3.89. The van der Waals surface area contributed by atoms with Gasteiger partial charge in [-0.2, -0.15) is 0 Å². The van der Waals surface area contributed by atoms with Gasteiger partial charge in [0.25, 0.3) is 0 Å². The number of carbonyl (C=O) groups excluding carboxylic acids is 1. The van der Waals surface area contributed by atoms with Crippen LogP contribution in [0.1, 0.15) is 11.1 Å². The molecular weight excluding hydrogens is 414 g/mol. The monoisotopic (exact) mass is 441 g/mol. The van der Waals surface area contributed by atoms with Gasteiger partial charge in [0.1, 0.15) is 6.61 Å². The summed E-state index contributed by atoms with van der Waals surface area (Å²) in [7, 11) is 3.19. The standard InChI is InChI=1S/C23H27N3O4S/c1-16-11-17(2)13-19(12-16)26-8-7-24-23(26)31-15-22(27)25-18-5-6-20(29-4)21(14-18)30-10-9-28-3/h5-8,11-14H,9-10,15H2,1-4H3,(H,25,27). The molecule has 1 N–H and O–H groups in total. The Bertz CT molecular complexity index is 1020. The van der Waals surface area contributed by atoms with Crippen molar-refractivity contribution in [2.75, 3.05) is 38.5 Å². The van der Waals surface area contributed by atoms with E-state index < -0.39 is 0 Å². The molecule has 0 aliphatic rings. The number of amides is 1. The Kier molecular flexibility index (Phi) is 7.97. The Labute approximate surface area is 186 Å². The average molecular weight is 442 g/mol. The third-order valence-corrected chi connectivity index (χ3v) is 5.38. The lowest BCUT2D eigenvalue weighted by molar-refractivity contribution is -0.113. The van der Waals surface area contributed by atoms with Crippen molar-refractivity contribution in [2.24, 2.45) is 0 Å². The van der Waals surface area contributed by atoms with E-state index in [1.54, 1.807) is 38.6 Å². The average Bonchev–Trinajstić information content (AvgIpc) is 3.21. The number of aromatic nitrogens is 2. The van der Waals surface area contributed by atoms with Crippen molar-refractivity contribution < 1.29 is 19.0 Å². The van der Waals surface area contributed by atoms with Crippen LogP contribution in [0.4, 0.5) is 5.69 Å². The number of benzene rings is 2. The van der Waals surface area contributed by atoms with Crippen molar-refractivity contribution >= 4 is 23.4 Å². The number of carbonyl (C=O) groups is 1. The van der Waals surface area contributed by atoms with Crippen molar-refractivity contribution in [1.29, 1.82) is 0 Å². The first-order valence-electron chi connectivity index (χ1n) is 9.84. The molecule has 8 heteroatoms. The predicted molar refractivity (Wildman–Crippen MR) is 123 cm³/mol. The van der Waals surface area contributed by atoms with Gasteiger partial charge in [-0.3, -0.25) is 9.36 Å². The van der Waals surface area contributed by atoms with Crippen molar-refractivity contribution in [3.05, 3.63) is 59.9 Å². The highest BCUT2D eigenvalue weighted by Crippen LogP contribution is 2.30. The van der Waals surface area contributed by atoms with E-state index in [0.717, 1.165) is 10.8 Å². The van der Waals surface area contributed by atoms with Crippen LogP contribution in [0, 0.1) is 13.8 Å². The number of hydrogen-bond acceptors (Lipinski definition) is 6. The number of imidazole rings is 1. The van der Waals surface area contributed by atoms with E-state index in [1.807, 2.05) is 10.8 Å². The van der Waals surface area contributed by atoms with Crippen molar-refractivity contribution in [2.45, 2.75) is 19.0 Å². The van der Waals surface area contributed by atoms with Gasteiger partial charge in [0.2, 0.25) is 5.91 Å². The minimum Gasteiger partial charge on any atom is -0.493 e. The van der Waals surface area contributed by atoms with E-state index in [0.29, 0.717) is 30.4 Å². The van der Waals surface area contributed by atoms with Crippen LogP contribution in [-0.4, -0.2) is 48.6 Å². The van der Waals surface area contributed by atoms with Crippen molar-refractivity contribution in [1.82, 2.24) is 9.55 Å². The summed E-state index contributed by atoms with van der Waals surface area (Å²) in [5.41, 5.74) is 4.03. The van der Waals surface area contributed by atoms with Crippen LogP contribution in [0.5, 0.6) is 11.5 Å². The van der Waals surface area contributed by atoms with Gasteiger partial charge < -0.3 is 19.5 Å². The molecule has 3 aromatic rings. The minimum absolute atomic E-state index is 0.131. The maximum Gasteiger partial charge on any atom is 0.234 e. The zero-order chi connectivity index (χ0) is 22.2. The lowest BCUT2D eigenvalue weighted by Crippen LogP contribution is -2.15. The second-order valence-corrected chi connectivity index (χ2v) is 7.91. The molecule has 0 aliphatic heterocycles. The molecule has 1 heterocycles. The Morgan fingerprint density at radius 2 is 1.84 bits per heavy atom. The van der Waals surface area contributed by atoms with Gasteiger partial charge >= 0.3 is 0 Å². The van der Waals surface area contributed by atoms with Crippen LogP contribution in [-0.2, 0) is 9.53 Å². The van der Waals surface area contributed by atoms with Crippen LogP contribution in [0.3, 0.4) is 0 Å². The van der Waals surface area contributed by atoms with E-state index in [2.05, 4.69) is 42.3 Å². The molecular formula is C23H27N3O4S. The number of hydrogen-bond donors (Lipinski definition) is 1. The second-order valence-electron chi connectivity index (χ2n) is 6.97. The third-order valence-electron chi connectivity index (χ3n) is 4.42. The molecule has 1 amide bonds. The summed E-state index contributed by atoms with van der Waals surface area (Å²) >= 11 is 1.38. The summed E-state index contributed by atoms with van der Waals surface area (Å²) in [5, 5.41) is 3.66. The number of aryl methyl sites for hydroxylation is 2. The molecule has 0 spiro atoms. The second kappa shape index (κ2) is 10.9. The van der Waals surface area contributed by atoms with Gasteiger partial charge in [-0.25, -0.2) is 4.98 Å². The molecule has 31 heavy (non-hydrogen) atoms. The van der Waals surface area contributed by atoms with Crippen molar-refractivity contribution in [3.63, 3.8) is 0 Å². The largest absolute Gasteiger partial charge is 0.493 e. The summed E-state index contributed by atoms with van der Waals surface area (Å²) < 4.78 is 18.0. The Balaban J connectivity index is 1.64. The Morgan fingerprint density at radius 3 is 2.55 bits per heavy atom. The molecule has 0 aliphatic carbocycles. The van der Waals surface area contributed by atoms with E-state index in [1.165, 1.54) is 22.9 Å². The van der Waals surface area contributed by atoms with Gasteiger partial charge in [0, 0.05) is 36.9 Å². The molecule has 0 fully saturated rings. The summed E-state index contributed by atoms with van der Waals surface area (Å²) in [6.07, 6.45) is 3.65. The Hall–Kier alpha value is -2.97. The van der Waals surface area contributed by atoms with Gasteiger partial charge in [-0.1, -0.05) is 17.8 Å². The summed E-state index contributed by atoms with van der Waals surface area (Å²) in [4.78, 5) is 16.9. The normalized spacial score (nSPS) is 10.7. The predicted octanol–water partition coefficient (Wildman–Crippen LogP) is 4.25. The zero-order valence-corrected chi connectivity index (χ0v) is 19.0. The van der Waals surface area contributed by atoms with Crippen LogP contribution < -0.4 is 14.8 Å². The first kappa shape index (κ1) is 22.7. The van der Waals surface area contributed by atoms with Gasteiger partial charge in [-0.05, 0) is 49.2 Å². The molecule has 0 bridgehead atoms. The molecule has 0 unspecified atom stereocenters. The highest BCUT2D eigenvalue weighted by atomic mass is 32.2. The van der Waals surface area contributed by atoms with E-state index in [9.17, 15) is 4.79 Å².